The monoisotopic (exact) mass is 827 g/mol. The minimum atomic E-state index is -4.65. The van der Waals surface area contributed by atoms with Crippen molar-refractivity contribution >= 4 is 74.1 Å². The molecule has 2 aliphatic carbocycles. The molecule has 2 aliphatic heterocycles. The number of benzene rings is 3. The molecule has 4 aromatic rings. The number of thiazole rings is 1. The van der Waals surface area contributed by atoms with Crippen LogP contribution in [0.2, 0.25) is 0 Å². The van der Waals surface area contributed by atoms with Gasteiger partial charge in [-0.15, -0.1) is 11.8 Å². The summed E-state index contributed by atoms with van der Waals surface area (Å²) in [6.07, 6.45) is -4.08. The Bertz CT molecular complexity index is 2230. The Morgan fingerprint density at radius 1 is 1.00 bits per heavy atom. The Kier molecular flexibility index (Phi) is 9.05. The van der Waals surface area contributed by atoms with Gasteiger partial charge in [0, 0.05) is 31.8 Å². The molecule has 1 saturated heterocycles. The molecule has 3 amide bonds. The molecule has 2 bridgehead atoms. The largest absolute Gasteiger partial charge is 0.483 e. The number of halogens is 4. The predicted molar refractivity (Wildman–Crippen MR) is 193 cm³/mol. The average Bonchev–Trinajstić information content (AvgIpc) is 3.86. The molecule has 10 nitrogen and oxygen atoms in total. The fraction of sp³-hybridized carbons (Fsp3) is 0.324. The number of rotatable bonds is 8. The summed E-state index contributed by atoms with van der Waals surface area (Å²) in [5, 5.41) is 3.23. The summed E-state index contributed by atoms with van der Waals surface area (Å²) in [6, 6.07) is 15.9. The van der Waals surface area contributed by atoms with Crippen LogP contribution in [-0.2, 0) is 25.3 Å². The maximum absolute atomic E-state index is 14.1. The molecule has 4 unspecified atom stereocenters. The van der Waals surface area contributed by atoms with Crippen molar-refractivity contribution in [3.05, 3.63) is 102 Å². The third-order valence-corrected chi connectivity index (χ3v) is 13.6. The number of carbonyl (C=O) groups is 4. The molecule has 3 heterocycles. The molecule has 274 valence electrons. The summed E-state index contributed by atoms with van der Waals surface area (Å²) < 4.78 is 52.7. The second kappa shape index (κ2) is 13.5. The predicted octanol–water partition coefficient (Wildman–Crippen LogP) is 7.09. The average molecular weight is 829 g/mol. The number of esters is 1. The van der Waals surface area contributed by atoms with E-state index in [0.717, 1.165) is 33.2 Å². The molecule has 4 aliphatic rings. The molecule has 0 radical (unpaired) electrons. The van der Waals surface area contributed by atoms with E-state index in [-0.39, 0.29) is 46.8 Å². The Balaban J connectivity index is 1.09. The number of hydrogen-bond donors (Lipinski definition) is 2. The van der Waals surface area contributed by atoms with Gasteiger partial charge in [0.2, 0.25) is 11.8 Å². The van der Waals surface area contributed by atoms with Crippen molar-refractivity contribution in [2.24, 2.45) is 29.6 Å². The standard InChI is InChI=1S/C37H29BrF3N3O7S2/c1-2-50-35(48)16-6-9-19(10-7-16)42-25(45)15-51-24-11-8-18(38)13-21(24)26-27-22-14-23(30(27)52-32-31(26)53-36(49)43-32)29-28(22)33(46)44(34(29)47)20-5-3-4-17(12-20)37(39,40)41/h3-13,22-23,26-30H,2,14-15H2,1H3,(H,42,45)(H,43,49)/t22-,23-,26-,27?,28?,29?,30?/m1/s1. The number of imide groups is 1. The molecule has 7 atom stereocenters. The number of fused-ring (bicyclic) bond motifs is 9. The van der Waals surface area contributed by atoms with E-state index in [1.165, 1.54) is 23.9 Å². The minimum absolute atomic E-state index is 0.102. The van der Waals surface area contributed by atoms with Crippen molar-refractivity contribution in [2.75, 3.05) is 23.4 Å². The number of ether oxygens (including phenoxy) is 2. The Labute approximate surface area is 316 Å². The van der Waals surface area contributed by atoms with Crippen molar-refractivity contribution < 1.29 is 41.8 Å². The van der Waals surface area contributed by atoms with Crippen molar-refractivity contribution in [1.82, 2.24) is 4.98 Å². The van der Waals surface area contributed by atoms with Crippen molar-refractivity contribution in [3.63, 3.8) is 0 Å². The maximum Gasteiger partial charge on any atom is 0.416 e. The fourth-order valence-corrected chi connectivity index (χ4v) is 11.8. The molecule has 2 saturated carbocycles. The Morgan fingerprint density at radius 2 is 1.74 bits per heavy atom. The number of nitrogens with zero attached hydrogens (tertiary/aromatic N) is 1. The molecule has 1 aromatic heterocycles. The number of anilines is 2. The highest BCUT2D eigenvalue weighted by Crippen LogP contribution is 2.69. The van der Waals surface area contributed by atoms with Gasteiger partial charge in [-0.1, -0.05) is 33.3 Å². The third-order valence-electron chi connectivity index (χ3n) is 10.5. The van der Waals surface area contributed by atoms with Crippen molar-refractivity contribution in [1.29, 1.82) is 0 Å². The first kappa shape index (κ1) is 35.6. The molecule has 53 heavy (non-hydrogen) atoms. The highest BCUT2D eigenvalue weighted by molar-refractivity contribution is 9.10. The summed E-state index contributed by atoms with van der Waals surface area (Å²) in [5.41, 5.74) is 0.428. The smallest absolute Gasteiger partial charge is 0.416 e. The van der Waals surface area contributed by atoms with E-state index in [4.69, 9.17) is 9.47 Å². The van der Waals surface area contributed by atoms with Crippen LogP contribution in [0.1, 0.15) is 45.6 Å². The van der Waals surface area contributed by atoms with Crippen LogP contribution in [0.5, 0.6) is 5.75 Å². The van der Waals surface area contributed by atoms with E-state index in [0.29, 0.717) is 38.5 Å². The van der Waals surface area contributed by atoms with Crippen LogP contribution in [0.3, 0.4) is 0 Å². The van der Waals surface area contributed by atoms with Gasteiger partial charge in [0.05, 0.1) is 40.3 Å². The van der Waals surface area contributed by atoms with E-state index < -0.39 is 53.2 Å². The van der Waals surface area contributed by atoms with Crippen molar-refractivity contribution in [3.8, 4) is 5.75 Å². The van der Waals surface area contributed by atoms with Crippen LogP contribution in [-0.4, -0.2) is 47.1 Å². The van der Waals surface area contributed by atoms with Gasteiger partial charge in [-0.3, -0.25) is 24.1 Å². The molecule has 3 aromatic carbocycles. The number of thioether (sulfide) groups is 1. The third kappa shape index (κ3) is 6.17. The van der Waals surface area contributed by atoms with Gasteiger partial charge in [0.15, 0.2) is 6.61 Å². The number of nitrogens with one attached hydrogen (secondary N) is 2. The van der Waals surface area contributed by atoms with E-state index >= 15 is 0 Å². The van der Waals surface area contributed by atoms with Gasteiger partial charge in [-0.05, 0) is 91.8 Å². The molecular formula is C37H29BrF3N3O7S2. The zero-order valence-electron chi connectivity index (χ0n) is 27.6. The minimum Gasteiger partial charge on any atom is -0.483 e. The van der Waals surface area contributed by atoms with E-state index in [1.807, 2.05) is 6.07 Å². The van der Waals surface area contributed by atoms with Gasteiger partial charge in [0.25, 0.3) is 5.91 Å². The summed E-state index contributed by atoms with van der Waals surface area (Å²) >= 11 is 6.10. The number of aromatic amines is 1. The SMILES string of the molecule is CCOC(=O)c1ccc(NC(=O)COc2ccc(Br)cc2[C@H]2c3sc(=O)[nH]c3SC3C2[C@H]2C[C@@H]3C3C(=O)N(c4cccc(C(F)(F)F)c4)C(=O)C32)cc1. The van der Waals surface area contributed by atoms with Gasteiger partial charge >= 0.3 is 17.0 Å². The number of hydrogen-bond acceptors (Lipinski definition) is 9. The van der Waals surface area contributed by atoms with Crippen LogP contribution < -0.4 is 19.8 Å². The van der Waals surface area contributed by atoms with Crippen LogP contribution >= 0.6 is 39.0 Å². The van der Waals surface area contributed by atoms with Crippen LogP contribution in [0, 0.1) is 29.6 Å². The topological polar surface area (TPSA) is 135 Å². The number of alkyl halides is 3. The second-order valence-electron chi connectivity index (χ2n) is 13.3. The van der Waals surface area contributed by atoms with E-state index in [1.54, 1.807) is 43.3 Å². The lowest BCUT2D eigenvalue weighted by Gasteiger charge is -2.43. The molecule has 16 heteroatoms. The van der Waals surface area contributed by atoms with Crippen LogP contribution in [0.25, 0.3) is 0 Å². The van der Waals surface area contributed by atoms with E-state index in [9.17, 15) is 37.1 Å². The van der Waals surface area contributed by atoms with Gasteiger partial charge in [-0.25, -0.2) is 4.79 Å². The highest BCUT2D eigenvalue weighted by Gasteiger charge is 2.70. The molecular weight excluding hydrogens is 799 g/mol. The first-order valence-electron chi connectivity index (χ1n) is 16.8. The van der Waals surface area contributed by atoms with Gasteiger partial charge in [0.1, 0.15) is 5.75 Å². The quantitative estimate of drug-likeness (QED) is 0.142. The Hall–Kier alpha value is -4.41. The molecule has 0 spiro atoms. The van der Waals surface area contributed by atoms with E-state index in [2.05, 4.69) is 26.2 Å². The lowest BCUT2D eigenvalue weighted by atomic mass is 9.68. The van der Waals surface area contributed by atoms with Gasteiger partial charge < -0.3 is 19.8 Å². The van der Waals surface area contributed by atoms with Crippen LogP contribution in [0.15, 0.2) is 81.0 Å². The second-order valence-corrected chi connectivity index (χ2v) is 16.5. The lowest BCUT2D eigenvalue weighted by molar-refractivity contribution is -0.137. The first-order valence-corrected chi connectivity index (χ1v) is 19.3. The highest BCUT2D eigenvalue weighted by atomic mass is 79.9. The zero-order chi connectivity index (χ0) is 37.3. The summed E-state index contributed by atoms with van der Waals surface area (Å²) in [7, 11) is 0. The summed E-state index contributed by atoms with van der Waals surface area (Å²) in [5.74, 6) is -4.24. The fourth-order valence-electron chi connectivity index (χ4n) is 8.58. The van der Waals surface area contributed by atoms with Crippen LogP contribution in [0.4, 0.5) is 24.5 Å². The van der Waals surface area contributed by atoms with Crippen molar-refractivity contribution in [2.45, 2.75) is 35.7 Å². The zero-order valence-corrected chi connectivity index (χ0v) is 30.9. The number of H-pyrrole nitrogens is 1. The van der Waals surface area contributed by atoms with Gasteiger partial charge in [-0.2, -0.15) is 13.2 Å². The maximum atomic E-state index is 14.1. The molecule has 2 N–H and O–H groups in total. The summed E-state index contributed by atoms with van der Waals surface area (Å²) in [6.45, 7) is 1.58. The lowest BCUT2D eigenvalue weighted by Crippen LogP contribution is -2.42. The summed E-state index contributed by atoms with van der Waals surface area (Å²) in [4.78, 5) is 70.3. The Morgan fingerprint density at radius 3 is 2.45 bits per heavy atom. The number of carbonyl (C=O) groups excluding carboxylic acids is 4. The molecule has 3 fully saturated rings. The normalized spacial score (nSPS) is 25.5. The molecule has 8 rings (SSSR count). The number of aromatic nitrogens is 1. The first-order chi connectivity index (χ1) is 25.3. The number of amides is 3.